The van der Waals surface area contributed by atoms with E-state index in [0.29, 0.717) is 27.3 Å². The molecule has 0 spiro atoms. The lowest BCUT2D eigenvalue weighted by atomic mass is 10.2. The van der Waals surface area contributed by atoms with Crippen molar-refractivity contribution in [2.24, 2.45) is 5.10 Å². The minimum absolute atomic E-state index is 0.454. The van der Waals surface area contributed by atoms with Crippen molar-refractivity contribution in [2.75, 3.05) is 26.8 Å². The molecule has 0 bridgehead atoms. The van der Waals surface area contributed by atoms with Crippen molar-refractivity contribution in [1.29, 1.82) is 0 Å². The first-order chi connectivity index (χ1) is 11.1. The molecular formula is C16H16Cl2N2O3. The third-order valence-electron chi connectivity index (χ3n) is 3.05. The third kappa shape index (κ3) is 4.21. The molecule has 0 aliphatic carbocycles. The van der Waals surface area contributed by atoms with Gasteiger partial charge >= 0.3 is 0 Å². The van der Waals surface area contributed by atoms with Crippen LogP contribution in [0.4, 0.5) is 5.69 Å². The first-order valence-electron chi connectivity index (χ1n) is 6.63. The van der Waals surface area contributed by atoms with E-state index in [1.54, 1.807) is 57.9 Å². The molecule has 0 fully saturated rings. The summed E-state index contributed by atoms with van der Waals surface area (Å²) in [6.07, 6.45) is 1.61. The molecule has 0 amide bonds. The maximum Gasteiger partial charge on any atom is 0.164 e. The minimum atomic E-state index is 0.454. The van der Waals surface area contributed by atoms with E-state index in [1.165, 1.54) is 0 Å². The summed E-state index contributed by atoms with van der Waals surface area (Å²) in [6, 6.07) is 8.67. The highest BCUT2D eigenvalue weighted by Gasteiger charge is 2.10. The largest absolute Gasteiger partial charge is 0.496 e. The molecule has 0 saturated carbocycles. The van der Waals surface area contributed by atoms with E-state index < -0.39 is 0 Å². The number of ether oxygens (including phenoxy) is 3. The lowest BCUT2D eigenvalue weighted by Gasteiger charge is -2.11. The SMILES string of the molecule is COc1cc(OC)c(OC)cc1/C=N/Nc1ccc(Cl)c(Cl)c1. The predicted octanol–water partition coefficient (Wildman–Crippen LogP) is 4.47. The number of anilines is 1. The van der Waals surface area contributed by atoms with E-state index in [4.69, 9.17) is 37.4 Å². The van der Waals surface area contributed by atoms with Crippen LogP contribution in [0.3, 0.4) is 0 Å². The summed E-state index contributed by atoms with van der Waals surface area (Å²) in [5.74, 6) is 1.78. The Bertz CT molecular complexity index is 721. The summed E-state index contributed by atoms with van der Waals surface area (Å²) >= 11 is 11.8. The van der Waals surface area contributed by atoms with Crippen molar-refractivity contribution in [3.63, 3.8) is 0 Å². The fourth-order valence-electron chi connectivity index (χ4n) is 1.90. The molecule has 0 aliphatic rings. The van der Waals surface area contributed by atoms with E-state index in [2.05, 4.69) is 10.5 Å². The van der Waals surface area contributed by atoms with Gasteiger partial charge in [0.2, 0.25) is 0 Å². The first kappa shape index (κ1) is 17.2. The van der Waals surface area contributed by atoms with Gasteiger partial charge in [0.05, 0.1) is 43.3 Å². The molecule has 2 aromatic rings. The molecule has 0 unspecified atom stereocenters. The Morgan fingerprint density at radius 2 is 1.52 bits per heavy atom. The Kier molecular flexibility index (Phi) is 5.96. The minimum Gasteiger partial charge on any atom is -0.496 e. The molecule has 2 rings (SSSR count). The zero-order valence-electron chi connectivity index (χ0n) is 12.9. The quantitative estimate of drug-likeness (QED) is 0.614. The summed E-state index contributed by atoms with van der Waals surface area (Å²) in [5.41, 5.74) is 4.33. The summed E-state index contributed by atoms with van der Waals surface area (Å²) in [5, 5.41) is 5.11. The number of benzene rings is 2. The molecule has 122 valence electrons. The number of methoxy groups -OCH3 is 3. The number of hydrogen-bond donors (Lipinski definition) is 1. The summed E-state index contributed by atoms with van der Waals surface area (Å²) < 4.78 is 15.8. The number of hydrogen-bond acceptors (Lipinski definition) is 5. The van der Waals surface area contributed by atoms with Crippen molar-refractivity contribution in [3.8, 4) is 17.2 Å². The van der Waals surface area contributed by atoms with Gasteiger partial charge in [0.1, 0.15) is 5.75 Å². The zero-order valence-corrected chi connectivity index (χ0v) is 14.4. The molecule has 0 heterocycles. The van der Waals surface area contributed by atoms with Crippen molar-refractivity contribution in [3.05, 3.63) is 45.9 Å². The number of nitrogens with zero attached hydrogens (tertiary/aromatic N) is 1. The lowest BCUT2D eigenvalue weighted by molar-refractivity contribution is 0.349. The molecular weight excluding hydrogens is 339 g/mol. The number of nitrogens with one attached hydrogen (secondary N) is 1. The van der Waals surface area contributed by atoms with Crippen LogP contribution in [0.25, 0.3) is 0 Å². The highest BCUT2D eigenvalue weighted by atomic mass is 35.5. The third-order valence-corrected chi connectivity index (χ3v) is 3.79. The number of rotatable bonds is 6. The van der Waals surface area contributed by atoms with Gasteiger partial charge in [0.25, 0.3) is 0 Å². The second kappa shape index (κ2) is 7.94. The average molecular weight is 355 g/mol. The fourth-order valence-corrected chi connectivity index (χ4v) is 2.19. The van der Waals surface area contributed by atoms with E-state index in [1.807, 2.05) is 0 Å². The van der Waals surface area contributed by atoms with Crippen LogP contribution in [0.15, 0.2) is 35.4 Å². The normalized spacial score (nSPS) is 10.7. The topological polar surface area (TPSA) is 52.1 Å². The molecule has 5 nitrogen and oxygen atoms in total. The fraction of sp³-hybridized carbons (Fsp3) is 0.188. The van der Waals surface area contributed by atoms with E-state index in [9.17, 15) is 0 Å². The Morgan fingerprint density at radius 1 is 0.870 bits per heavy atom. The number of halogens is 2. The van der Waals surface area contributed by atoms with Gasteiger partial charge in [-0.3, -0.25) is 5.43 Å². The van der Waals surface area contributed by atoms with Crippen LogP contribution >= 0.6 is 23.2 Å². The molecule has 7 heteroatoms. The van der Waals surface area contributed by atoms with Crippen molar-refractivity contribution < 1.29 is 14.2 Å². The van der Waals surface area contributed by atoms with Crippen molar-refractivity contribution in [2.45, 2.75) is 0 Å². The van der Waals surface area contributed by atoms with Crippen LogP contribution < -0.4 is 19.6 Å². The van der Waals surface area contributed by atoms with Gasteiger partial charge in [0.15, 0.2) is 11.5 Å². The highest BCUT2D eigenvalue weighted by molar-refractivity contribution is 6.42. The van der Waals surface area contributed by atoms with Crippen LogP contribution in [0, 0.1) is 0 Å². The van der Waals surface area contributed by atoms with Gasteiger partial charge in [0, 0.05) is 11.6 Å². The summed E-state index contributed by atoms with van der Waals surface area (Å²) in [4.78, 5) is 0. The van der Waals surface area contributed by atoms with E-state index in [0.717, 1.165) is 11.3 Å². The van der Waals surface area contributed by atoms with Crippen LogP contribution in [-0.2, 0) is 0 Å². The van der Waals surface area contributed by atoms with Crippen molar-refractivity contribution in [1.82, 2.24) is 0 Å². The highest BCUT2D eigenvalue weighted by Crippen LogP contribution is 2.33. The number of hydrazone groups is 1. The van der Waals surface area contributed by atoms with Gasteiger partial charge in [-0.15, -0.1) is 0 Å². The summed E-state index contributed by atoms with van der Waals surface area (Å²) in [6.45, 7) is 0. The lowest BCUT2D eigenvalue weighted by Crippen LogP contribution is -1.98. The maximum absolute atomic E-state index is 5.96. The Morgan fingerprint density at radius 3 is 2.13 bits per heavy atom. The Hall–Kier alpha value is -2.11. The maximum atomic E-state index is 5.96. The molecule has 0 aliphatic heterocycles. The molecule has 0 radical (unpaired) electrons. The van der Waals surface area contributed by atoms with Gasteiger partial charge < -0.3 is 14.2 Å². The Labute approximate surface area is 144 Å². The first-order valence-corrected chi connectivity index (χ1v) is 7.38. The second-order valence-corrected chi connectivity index (χ2v) is 5.26. The molecule has 2 aromatic carbocycles. The average Bonchev–Trinajstić information content (AvgIpc) is 2.57. The van der Waals surface area contributed by atoms with Gasteiger partial charge in [-0.25, -0.2) is 0 Å². The second-order valence-electron chi connectivity index (χ2n) is 4.45. The standard InChI is InChI=1S/C16H16Cl2N2O3/c1-21-14-8-16(23-3)15(22-2)6-10(14)9-19-20-11-4-5-12(17)13(18)7-11/h4-9,20H,1-3H3/b19-9+. The Balaban J connectivity index is 2.22. The van der Waals surface area contributed by atoms with Crippen LogP contribution in [0.2, 0.25) is 10.0 Å². The molecule has 23 heavy (non-hydrogen) atoms. The molecule has 1 N–H and O–H groups in total. The predicted molar refractivity (Wildman–Crippen MR) is 93.8 cm³/mol. The molecule has 0 aromatic heterocycles. The van der Waals surface area contributed by atoms with E-state index >= 15 is 0 Å². The van der Waals surface area contributed by atoms with Gasteiger partial charge in [-0.2, -0.15) is 5.10 Å². The monoisotopic (exact) mass is 354 g/mol. The van der Waals surface area contributed by atoms with Crippen LogP contribution in [0.1, 0.15) is 5.56 Å². The summed E-state index contributed by atoms with van der Waals surface area (Å²) in [7, 11) is 4.71. The molecule has 0 saturated heterocycles. The van der Waals surface area contributed by atoms with Crippen LogP contribution in [-0.4, -0.2) is 27.5 Å². The van der Waals surface area contributed by atoms with Crippen molar-refractivity contribution >= 4 is 35.1 Å². The van der Waals surface area contributed by atoms with Gasteiger partial charge in [-0.1, -0.05) is 23.2 Å². The van der Waals surface area contributed by atoms with Crippen LogP contribution in [0.5, 0.6) is 17.2 Å². The van der Waals surface area contributed by atoms with E-state index in [-0.39, 0.29) is 0 Å². The smallest absolute Gasteiger partial charge is 0.164 e. The van der Waals surface area contributed by atoms with Gasteiger partial charge in [-0.05, 0) is 24.3 Å². The zero-order chi connectivity index (χ0) is 16.8. The molecule has 0 atom stereocenters.